The van der Waals surface area contributed by atoms with Crippen LogP contribution in [0.1, 0.15) is 19.4 Å². The van der Waals surface area contributed by atoms with Gasteiger partial charge < -0.3 is 14.6 Å². The molecule has 0 atom stereocenters. The summed E-state index contributed by atoms with van der Waals surface area (Å²) in [6.07, 6.45) is 4.93. The zero-order valence-corrected chi connectivity index (χ0v) is 18.7. The number of fused-ring (bicyclic) bond motifs is 1. The lowest BCUT2D eigenvalue weighted by molar-refractivity contribution is 0.143. The van der Waals surface area contributed by atoms with Gasteiger partial charge in [-0.05, 0) is 50.1 Å². The van der Waals surface area contributed by atoms with Crippen LogP contribution in [0.3, 0.4) is 0 Å². The predicted octanol–water partition coefficient (Wildman–Crippen LogP) is 4.32. The van der Waals surface area contributed by atoms with Gasteiger partial charge in [-0.15, -0.1) is 0 Å². The van der Waals surface area contributed by atoms with Crippen LogP contribution in [-0.4, -0.2) is 37.4 Å². The second kappa shape index (κ2) is 9.05. The molecule has 3 heterocycles. The number of anilines is 1. The maximum absolute atomic E-state index is 14.0. The minimum absolute atomic E-state index is 0.220. The molecule has 3 aromatic heterocycles. The smallest absolute Gasteiger partial charge is 0.237 e. The number of hydrogen-bond acceptors (Lipinski definition) is 7. The van der Waals surface area contributed by atoms with Crippen molar-refractivity contribution in [2.45, 2.75) is 24.3 Å². The number of ether oxygens (including phenoxy) is 1. The number of nitrogens with zero attached hydrogens (tertiary/aromatic N) is 4. The number of rotatable bonds is 5. The number of aromatic nitrogens is 4. The Morgan fingerprint density at radius 3 is 2.73 bits per heavy atom. The molecule has 0 amide bonds. The summed E-state index contributed by atoms with van der Waals surface area (Å²) in [5, 5.41) is 14.1. The maximum Gasteiger partial charge on any atom is 0.237 e. The summed E-state index contributed by atoms with van der Waals surface area (Å²) >= 11 is 0.969. The first-order valence-corrected chi connectivity index (χ1v) is 10.6. The minimum atomic E-state index is -1.14. The van der Waals surface area contributed by atoms with Crippen molar-refractivity contribution in [3.8, 4) is 29.0 Å². The van der Waals surface area contributed by atoms with Crippen LogP contribution in [0, 0.1) is 23.5 Å². The van der Waals surface area contributed by atoms with Gasteiger partial charge in [-0.1, -0.05) is 11.8 Å². The molecular weight excluding hydrogens is 448 g/mol. The van der Waals surface area contributed by atoms with Gasteiger partial charge in [0.25, 0.3) is 0 Å². The second-order valence-corrected chi connectivity index (χ2v) is 8.36. The summed E-state index contributed by atoms with van der Waals surface area (Å²) < 4.78 is 37.0. The van der Waals surface area contributed by atoms with Crippen molar-refractivity contribution < 1.29 is 18.6 Å². The monoisotopic (exact) mass is 467 g/mol. The van der Waals surface area contributed by atoms with Crippen molar-refractivity contribution in [2.24, 2.45) is 0 Å². The fourth-order valence-corrected chi connectivity index (χ4v) is 3.49. The molecule has 0 fully saturated rings. The highest BCUT2D eigenvalue weighted by Gasteiger charge is 2.13. The summed E-state index contributed by atoms with van der Waals surface area (Å²) in [6.45, 7) is 3.19. The highest BCUT2D eigenvalue weighted by Crippen LogP contribution is 2.32. The van der Waals surface area contributed by atoms with Crippen LogP contribution in [0.25, 0.3) is 16.9 Å². The van der Waals surface area contributed by atoms with Crippen LogP contribution in [0.5, 0.6) is 5.88 Å². The van der Waals surface area contributed by atoms with Gasteiger partial charge in [-0.2, -0.15) is 5.10 Å². The molecule has 2 N–H and O–H groups in total. The van der Waals surface area contributed by atoms with E-state index in [1.165, 1.54) is 19.2 Å². The third kappa shape index (κ3) is 5.22. The lowest BCUT2D eigenvalue weighted by Gasteiger charge is -2.12. The molecule has 0 radical (unpaired) electrons. The Bertz CT molecular complexity index is 1390. The molecule has 0 bridgehead atoms. The van der Waals surface area contributed by atoms with Gasteiger partial charge in [0.05, 0.1) is 29.5 Å². The standard InChI is InChI=1S/C23H19F2N5O2S/c1-23(2,31)8-6-14-13-27-30-9-7-18(28-21(14)30)15-10-19(22(32-3)26-12-15)29-33-20-5-4-16(24)11-17(20)25/h4-5,7,9-13,29,31H,1-3H3. The Morgan fingerprint density at radius 1 is 1.18 bits per heavy atom. The van der Waals surface area contributed by atoms with Crippen LogP contribution in [0.15, 0.2) is 53.8 Å². The average molecular weight is 468 g/mol. The SMILES string of the molecule is COc1ncc(-c2ccn3ncc(C#CC(C)(C)O)c3n2)cc1NSc1ccc(F)cc1F. The van der Waals surface area contributed by atoms with E-state index in [9.17, 15) is 13.9 Å². The molecule has 10 heteroatoms. The quantitative estimate of drug-likeness (QED) is 0.334. The number of nitrogens with one attached hydrogen (secondary N) is 1. The number of benzene rings is 1. The van der Waals surface area contributed by atoms with Crippen molar-refractivity contribution in [3.05, 3.63) is 66.1 Å². The molecule has 1 aromatic carbocycles. The number of hydrogen-bond donors (Lipinski definition) is 2. The largest absolute Gasteiger partial charge is 0.480 e. The van der Waals surface area contributed by atoms with Crippen LogP contribution < -0.4 is 9.46 Å². The van der Waals surface area contributed by atoms with Gasteiger partial charge in [0.2, 0.25) is 5.88 Å². The molecule has 4 rings (SSSR count). The number of aliphatic hydroxyl groups is 1. The zero-order chi connectivity index (χ0) is 23.6. The Balaban J connectivity index is 1.66. The van der Waals surface area contributed by atoms with E-state index in [1.54, 1.807) is 49.1 Å². The fraction of sp³-hybridized carbons (Fsp3) is 0.174. The lowest BCUT2D eigenvalue weighted by Crippen LogP contribution is -2.14. The minimum Gasteiger partial charge on any atom is -0.480 e. The number of methoxy groups -OCH3 is 1. The summed E-state index contributed by atoms with van der Waals surface area (Å²) in [7, 11) is 1.47. The third-order valence-corrected chi connectivity index (χ3v) is 5.25. The molecule has 7 nitrogen and oxygen atoms in total. The van der Waals surface area contributed by atoms with Crippen LogP contribution in [-0.2, 0) is 0 Å². The zero-order valence-electron chi connectivity index (χ0n) is 17.9. The van der Waals surface area contributed by atoms with E-state index in [0.717, 1.165) is 18.0 Å². The van der Waals surface area contributed by atoms with Gasteiger partial charge in [0.1, 0.15) is 22.9 Å². The summed E-state index contributed by atoms with van der Waals surface area (Å²) in [5.41, 5.74) is 1.71. The second-order valence-electron chi connectivity index (χ2n) is 7.51. The van der Waals surface area contributed by atoms with E-state index < -0.39 is 17.2 Å². The highest BCUT2D eigenvalue weighted by atomic mass is 32.2. The van der Waals surface area contributed by atoms with Gasteiger partial charge in [0.15, 0.2) is 5.65 Å². The fourth-order valence-electron chi connectivity index (χ4n) is 2.83. The van der Waals surface area contributed by atoms with E-state index in [1.807, 2.05) is 0 Å². The summed E-state index contributed by atoms with van der Waals surface area (Å²) in [4.78, 5) is 9.17. The summed E-state index contributed by atoms with van der Waals surface area (Å²) in [6, 6.07) is 6.88. The number of pyridine rings is 1. The molecule has 0 saturated carbocycles. The Morgan fingerprint density at radius 2 is 2.00 bits per heavy atom. The van der Waals surface area contributed by atoms with Gasteiger partial charge in [0, 0.05) is 24.0 Å². The first kappa shape index (κ1) is 22.5. The van der Waals surface area contributed by atoms with Crippen LogP contribution in [0.4, 0.5) is 14.5 Å². The first-order chi connectivity index (χ1) is 15.7. The average Bonchev–Trinajstić information content (AvgIpc) is 3.19. The van der Waals surface area contributed by atoms with Crippen molar-refractivity contribution in [3.63, 3.8) is 0 Å². The topological polar surface area (TPSA) is 84.6 Å². The van der Waals surface area contributed by atoms with Crippen molar-refractivity contribution in [1.82, 2.24) is 19.6 Å². The Labute approximate surface area is 193 Å². The van der Waals surface area contributed by atoms with Crippen molar-refractivity contribution in [2.75, 3.05) is 11.8 Å². The Hall–Kier alpha value is -3.68. The molecule has 33 heavy (non-hydrogen) atoms. The van der Waals surface area contributed by atoms with Crippen LogP contribution in [0.2, 0.25) is 0 Å². The normalized spacial score (nSPS) is 11.2. The molecule has 168 valence electrons. The third-order valence-electron chi connectivity index (χ3n) is 4.38. The molecule has 0 unspecified atom stereocenters. The van der Waals surface area contributed by atoms with Crippen molar-refractivity contribution in [1.29, 1.82) is 0 Å². The van der Waals surface area contributed by atoms with Crippen LogP contribution >= 0.6 is 11.9 Å². The van der Waals surface area contributed by atoms with E-state index in [0.29, 0.717) is 34.0 Å². The van der Waals surface area contributed by atoms with E-state index in [-0.39, 0.29) is 4.90 Å². The molecule has 4 aromatic rings. The van der Waals surface area contributed by atoms with E-state index in [2.05, 4.69) is 31.6 Å². The summed E-state index contributed by atoms with van der Waals surface area (Å²) in [5.74, 6) is 4.64. The molecular formula is C23H19F2N5O2S. The molecule has 0 aliphatic rings. The maximum atomic E-state index is 14.0. The molecule has 0 saturated heterocycles. The molecule has 0 aliphatic heterocycles. The molecule has 0 spiro atoms. The predicted molar refractivity (Wildman–Crippen MR) is 122 cm³/mol. The highest BCUT2D eigenvalue weighted by molar-refractivity contribution is 8.00. The number of halogens is 2. The lowest BCUT2D eigenvalue weighted by atomic mass is 10.1. The van der Waals surface area contributed by atoms with Gasteiger partial charge in [-0.25, -0.2) is 23.3 Å². The first-order valence-electron chi connectivity index (χ1n) is 9.76. The van der Waals surface area contributed by atoms with Gasteiger partial charge >= 0.3 is 0 Å². The molecule has 0 aliphatic carbocycles. The van der Waals surface area contributed by atoms with E-state index in [4.69, 9.17) is 4.74 Å². The Kier molecular flexibility index (Phi) is 6.18. The van der Waals surface area contributed by atoms with Gasteiger partial charge in [-0.3, -0.25) is 0 Å². The van der Waals surface area contributed by atoms with Crippen molar-refractivity contribution >= 4 is 23.3 Å². The van der Waals surface area contributed by atoms with E-state index >= 15 is 0 Å².